The first kappa shape index (κ1) is 16.5. The van der Waals surface area contributed by atoms with Crippen LogP contribution in [0.4, 0.5) is 17.6 Å². The standard InChI is InChI=1S/C14H12BrF4NS/c1-2-20-12(13-10(15)5-6-21-13)8-3-4-11(16)9(7-8)14(17,18)19/h3-7,12,20H,2H2,1H3. The normalized spacial score (nSPS) is 13.4. The maximum atomic E-state index is 13.4. The Balaban J connectivity index is 2.49. The van der Waals surface area contributed by atoms with Crippen molar-refractivity contribution < 1.29 is 17.6 Å². The fourth-order valence-corrected chi connectivity index (χ4v) is 3.72. The van der Waals surface area contributed by atoms with Crippen LogP contribution in [0.25, 0.3) is 0 Å². The third kappa shape index (κ3) is 3.64. The summed E-state index contributed by atoms with van der Waals surface area (Å²) in [6, 6.07) is 4.53. The number of thiophene rings is 1. The summed E-state index contributed by atoms with van der Waals surface area (Å²) in [5.74, 6) is -1.26. The smallest absolute Gasteiger partial charge is 0.306 e. The van der Waals surface area contributed by atoms with E-state index in [0.29, 0.717) is 12.1 Å². The summed E-state index contributed by atoms with van der Waals surface area (Å²) >= 11 is 4.81. The van der Waals surface area contributed by atoms with Gasteiger partial charge in [-0.2, -0.15) is 13.2 Å². The van der Waals surface area contributed by atoms with E-state index in [1.807, 2.05) is 18.4 Å². The number of alkyl halides is 3. The molecular weight excluding hydrogens is 370 g/mol. The van der Waals surface area contributed by atoms with Gasteiger partial charge in [0, 0.05) is 9.35 Å². The van der Waals surface area contributed by atoms with Crippen molar-refractivity contribution in [3.63, 3.8) is 0 Å². The first-order valence-corrected chi connectivity index (χ1v) is 7.84. The molecule has 114 valence electrons. The van der Waals surface area contributed by atoms with Gasteiger partial charge in [-0.25, -0.2) is 4.39 Å². The molecule has 0 aliphatic heterocycles. The molecule has 1 aromatic carbocycles. The van der Waals surface area contributed by atoms with Crippen molar-refractivity contribution in [2.75, 3.05) is 6.54 Å². The van der Waals surface area contributed by atoms with Crippen LogP contribution in [0.3, 0.4) is 0 Å². The second-order valence-electron chi connectivity index (χ2n) is 4.36. The highest BCUT2D eigenvalue weighted by Gasteiger charge is 2.35. The van der Waals surface area contributed by atoms with Crippen LogP contribution >= 0.6 is 27.3 Å². The van der Waals surface area contributed by atoms with Crippen molar-refractivity contribution in [2.45, 2.75) is 19.1 Å². The molecule has 1 aromatic heterocycles. The van der Waals surface area contributed by atoms with Gasteiger partial charge in [-0.05, 0) is 51.6 Å². The van der Waals surface area contributed by atoms with Gasteiger partial charge in [0.2, 0.25) is 0 Å². The summed E-state index contributed by atoms with van der Waals surface area (Å²) in [7, 11) is 0. The van der Waals surface area contributed by atoms with Crippen molar-refractivity contribution in [3.8, 4) is 0 Å². The first-order valence-electron chi connectivity index (χ1n) is 6.17. The molecule has 0 bridgehead atoms. The average molecular weight is 382 g/mol. The predicted octanol–water partition coefficient (Wildman–Crippen LogP) is 5.37. The molecule has 2 rings (SSSR count). The number of halogens is 5. The van der Waals surface area contributed by atoms with Gasteiger partial charge in [0.05, 0.1) is 11.6 Å². The molecule has 1 unspecified atom stereocenters. The van der Waals surface area contributed by atoms with E-state index in [0.717, 1.165) is 21.5 Å². The summed E-state index contributed by atoms with van der Waals surface area (Å²) in [4.78, 5) is 0.858. The van der Waals surface area contributed by atoms with Gasteiger partial charge in [-0.15, -0.1) is 11.3 Å². The predicted molar refractivity (Wildman–Crippen MR) is 78.9 cm³/mol. The minimum Gasteiger partial charge on any atom is -0.306 e. The number of hydrogen-bond donors (Lipinski definition) is 1. The van der Waals surface area contributed by atoms with E-state index in [9.17, 15) is 17.6 Å². The van der Waals surface area contributed by atoms with Crippen LogP contribution in [0.1, 0.15) is 29.0 Å². The van der Waals surface area contributed by atoms with Gasteiger partial charge in [0.25, 0.3) is 0 Å². The van der Waals surface area contributed by atoms with Crippen molar-refractivity contribution in [1.29, 1.82) is 0 Å². The molecule has 1 atom stereocenters. The van der Waals surface area contributed by atoms with Crippen molar-refractivity contribution in [1.82, 2.24) is 5.32 Å². The second-order valence-corrected chi connectivity index (χ2v) is 6.16. The molecule has 21 heavy (non-hydrogen) atoms. The Labute approximate surface area is 132 Å². The van der Waals surface area contributed by atoms with Crippen LogP contribution in [0, 0.1) is 5.82 Å². The average Bonchev–Trinajstić information content (AvgIpc) is 2.82. The maximum absolute atomic E-state index is 13.4. The molecule has 0 saturated carbocycles. The largest absolute Gasteiger partial charge is 0.419 e. The van der Waals surface area contributed by atoms with E-state index in [4.69, 9.17) is 0 Å². The molecule has 0 amide bonds. The number of nitrogens with one attached hydrogen (secondary N) is 1. The zero-order valence-electron chi connectivity index (χ0n) is 11.0. The highest BCUT2D eigenvalue weighted by Crippen LogP contribution is 2.37. The molecule has 1 nitrogen and oxygen atoms in total. The highest BCUT2D eigenvalue weighted by molar-refractivity contribution is 9.10. The Hall–Kier alpha value is -0.920. The summed E-state index contributed by atoms with van der Waals surface area (Å²) in [5.41, 5.74) is -0.857. The molecule has 1 N–H and O–H groups in total. The van der Waals surface area contributed by atoms with Crippen LogP contribution < -0.4 is 5.32 Å². The Morgan fingerprint density at radius 1 is 1.29 bits per heavy atom. The van der Waals surface area contributed by atoms with E-state index >= 15 is 0 Å². The fourth-order valence-electron chi connectivity index (χ4n) is 2.02. The molecular formula is C14H12BrF4NS. The van der Waals surface area contributed by atoms with Gasteiger partial charge in [-0.3, -0.25) is 0 Å². The second kappa shape index (κ2) is 6.46. The Bertz CT molecular complexity index is 624. The highest BCUT2D eigenvalue weighted by atomic mass is 79.9. The number of rotatable bonds is 4. The zero-order valence-corrected chi connectivity index (χ0v) is 13.4. The fraction of sp³-hybridized carbons (Fsp3) is 0.286. The van der Waals surface area contributed by atoms with E-state index in [2.05, 4.69) is 21.2 Å². The Morgan fingerprint density at radius 2 is 2.00 bits per heavy atom. The summed E-state index contributed by atoms with van der Waals surface area (Å²) in [5, 5.41) is 4.98. The van der Waals surface area contributed by atoms with Crippen LogP contribution in [0.5, 0.6) is 0 Å². The minimum atomic E-state index is -4.70. The Morgan fingerprint density at radius 3 is 2.52 bits per heavy atom. The van der Waals surface area contributed by atoms with Gasteiger partial charge in [0.1, 0.15) is 5.82 Å². The van der Waals surface area contributed by atoms with Crippen molar-refractivity contribution >= 4 is 27.3 Å². The number of hydrogen-bond acceptors (Lipinski definition) is 2. The minimum absolute atomic E-state index is 0.383. The van der Waals surface area contributed by atoms with E-state index in [1.54, 1.807) is 0 Å². The van der Waals surface area contributed by atoms with Gasteiger partial charge in [0.15, 0.2) is 0 Å². The van der Waals surface area contributed by atoms with Crippen molar-refractivity contribution in [2.24, 2.45) is 0 Å². The molecule has 0 spiro atoms. The van der Waals surface area contributed by atoms with Crippen LogP contribution in [-0.4, -0.2) is 6.54 Å². The molecule has 2 aromatic rings. The molecule has 1 heterocycles. The summed E-state index contributed by atoms with van der Waals surface area (Å²) in [6.45, 7) is 2.44. The van der Waals surface area contributed by atoms with Gasteiger partial charge < -0.3 is 5.32 Å². The SMILES string of the molecule is CCNC(c1ccc(F)c(C(F)(F)F)c1)c1sccc1Br. The maximum Gasteiger partial charge on any atom is 0.419 e. The molecule has 0 aliphatic rings. The van der Waals surface area contributed by atoms with E-state index in [1.165, 1.54) is 17.4 Å². The topological polar surface area (TPSA) is 12.0 Å². The third-order valence-corrected chi connectivity index (χ3v) is 4.88. The molecule has 0 radical (unpaired) electrons. The van der Waals surface area contributed by atoms with Gasteiger partial charge >= 0.3 is 6.18 Å². The quantitative estimate of drug-likeness (QED) is 0.702. The third-order valence-electron chi connectivity index (χ3n) is 2.94. The lowest BCUT2D eigenvalue weighted by atomic mass is 10.0. The van der Waals surface area contributed by atoms with E-state index in [-0.39, 0.29) is 0 Å². The molecule has 0 saturated heterocycles. The van der Waals surface area contributed by atoms with Crippen molar-refractivity contribution in [3.05, 3.63) is 55.9 Å². The molecule has 7 heteroatoms. The van der Waals surface area contributed by atoms with Gasteiger partial charge in [-0.1, -0.05) is 13.0 Å². The lowest BCUT2D eigenvalue weighted by Crippen LogP contribution is -2.22. The summed E-state index contributed by atoms with van der Waals surface area (Å²) in [6.07, 6.45) is -4.70. The zero-order chi connectivity index (χ0) is 15.6. The van der Waals surface area contributed by atoms with E-state index < -0.39 is 23.6 Å². The van der Waals surface area contributed by atoms with Crippen LogP contribution in [0.15, 0.2) is 34.1 Å². The number of benzene rings is 1. The van der Waals surface area contributed by atoms with Crippen LogP contribution in [0.2, 0.25) is 0 Å². The monoisotopic (exact) mass is 381 g/mol. The molecule has 0 fully saturated rings. The Kier molecular flexibility index (Phi) is 5.06. The first-order chi connectivity index (χ1) is 9.84. The van der Waals surface area contributed by atoms with Crippen LogP contribution in [-0.2, 0) is 6.18 Å². The lowest BCUT2D eigenvalue weighted by Gasteiger charge is -2.19. The lowest BCUT2D eigenvalue weighted by molar-refractivity contribution is -0.140. The summed E-state index contributed by atoms with van der Waals surface area (Å²) < 4.78 is 52.7. The molecule has 0 aliphatic carbocycles.